The fraction of sp³-hybridized carbons (Fsp3) is 0.667. The summed E-state index contributed by atoms with van der Waals surface area (Å²) in [4.78, 5) is 2.18. The quantitative estimate of drug-likeness (QED) is 0.899. The van der Waals surface area contributed by atoms with Crippen molar-refractivity contribution in [3.05, 3.63) is 29.3 Å². The zero-order valence-electron chi connectivity index (χ0n) is 13.3. The van der Waals surface area contributed by atoms with Crippen molar-refractivity contribution < 1.29 is 10.2 Å². The van der Waals surface area contributed by atoms with Crippen LogP contribution in [-0.2, 0) is 5.60 Å². The molecule has 2 saturated carbocycles. The molecule has 0 aliphatic heterocycles. The number of aryl methyl sites for hydroxylation is 1. The van der Waals surface area contributed by atoms with Gasteiger partial charge in [0.15, 0.2) is 0 Å². The maximum Gasteiger partial charge on any atom is 0.118 e. The fourth-order valence-electron chi connectivity index (χ4n) is 4.55. The number of hydrogen-bond acceptors (Lipinski definition) is 3. The van der Waals surface area contributed by atoms with Gasteiger partial charge in [-0.2, -0.15) is 0 Å². The normalized spacial score (nSPS) is 35.4. The number of phenols is 1. The molecule has 3 nitrogen and oxygen atoms in total. The van der Waals surface area contributed by atoms with Crippen molar-refractivity contribution >= 4 is 0 Å². The van der Waals surface area contributed by atoms with E-state index in [1.165, 1.54) is 19.3 Å². The molecule has 0 spiro atoms. The van der Waals surface area contributed by atoms with E-state index in [4.69, 9.17) is 0 Å². The van der Waals surface area contributed by atoms with Crippen LogP contribution in [0.2, 0.25) is 0 Å². The monoisotopic (exact) mass is 289 g/mol. The predicted molar refractivity (Wildman–Crippen MR) is 84.2 cm³/mol. The molecule has 0 saturated heterocycles. The van der Waals surface area contributed by atoms with E-state index in [2.05, 4.69) is 19.0 Å². The third kappa shape index (κ3) is 2.58. The highest BCUT2D eigenvalue weighted by atomic mass is 16.3. The molecule has 4 atom stereocenters. The van der Waals surface area contributed by atoms with Gasteiger partial charge in [-0.15, -0.1) is 0 Å². The number of hydrogen-bond donors (Lipinski definition) is 2. The molecular weight excluding hydrogens is 262 g/mol. The van der Waals surface area contributed by atoms with Crippen molar-refractivity contribution in [1.29, 1.82) is 0 Å². The minimum Gasteiger partial charge on any atom is -0.508 e. The lowest BCUT2D eigenvalue weighted by Crippen LogP contribution is -2.47. The highest BCUT2D eigenvalue weighted by Crippen LogP contribution is 2.54. The molecule has 3 rings (SSSR count). The Balaban J connectivity index is 2.00. The molecule has 0 aromatic heterocycles. The van der Waals surface area contributed by atoms with Crippen LogP contribution in [0.1, 0.15) is 36.8 Å². The first kappa shape index (κ1) is 14.9. The zero-order chi connectivity index (χ0) is 15.2. The molecule has 2 aliphatic carbocycles. The number of nitrogens with zero attached hydrogens (tertiary/aromatic N) is 1. The lowest BCUT2D eigenvalue weighted by atomic mass is 9.66. The molecule has 2 bridgehead atoms. The maximum atomic E-state index is 11.5. The van der Waals surface area contributed by atoms with Gasteiger partial charge in [0.05, 0.1) is 5.60 Å². The summed E-state index contributed by atoms with van der Waals surface area (Å²) < 4.78 is 0. The fourth-order valence-corrected chi connectivity index (χ4v) is 4.55. The molecule has 3 heteroatoms. The van der Waals surface area contributed by atoms with Crippen LogP contribution in [0.15, 0.2) is 18.2 Å². The van der Waals surface area contributed by atoms with Gasteiger partial charge in [0, 0.05) is 12.5 Å². The second kappa shape index (κ2) is 5.29. The summed E-state index contributed by atoms with van der Waals surface area (Å²) in [6.07, 6.45) is 4.58. The van der Waals surface area contributed by atoms with Gasteiger partial charge in [-0.1, -0.05) is 18.6 Å². The Morgan fingerprint density at radius 1 is 1.29 bits per heavy atom. The number of benzene rings is 1. The largest absolute Gasteiger partial charge is 0.508 e. The Morgan fingerprint density at radius 2 is 2.05 bits per heavy atom. The molecule has 2 aliphatic rings. The molecule has 21 heavy (non-hydrogen) atoms. The molecule has 0 amide bonds. The van der Waals surface area contributed by atoms with Crippen LogP contribution >= 0.6 is 0 Å². The molecular formula is C18H27NO2. The van der Waals surface area contributed by atoms with E-state index in [9.17, 15) is 10.2 Å². The van der Waals surface area contributed by atoms with Crippen molar-refractivity contribution in [2.24, 2.45) is 17.8 Å². The van der Waals surface area contributed by atoms with Gasteiger partial charge in [-0.05, 0) is 69.3 Å². The average molecular weight is 289 g/mol. The van der Waals surface area contributed by atoms with Crippen LogP contribution in [-0.4, -0.2) is 35.8 Å². The Labute approximate surface area is 127 Å². The first-order chi connectivity index (χ1) is 9.90. The van der Waals surface area contributed by atoms with Crippen molar-refractivity contribution in [1.82, 2.24) is 4.90 Å². The highest BCUT2D eigenvalue weighted by molar-refractivity contribution is 5.39. The standard InChI is InChI=1S/C18H27NO2/c1-12-4-7-15(9-17(12)20)18(21)10-13-5-6-14(8-13)16(18)11-19(2)3/h4,7,9,13-14,16,20-21H,5-6,8,10-11H2,1-3H3/t13?,14-,16-,18-/m0/s1. The molecule has 1 aromatic rings. The van der Waals surface area contributed by atoms with Crippen molar-refractivity contribution in [3.8, 4) is 5.75 Å². The topological polar surface area (TPSA) is 43.7 Å². The summed E-state index contributed by atoms with van der Waals surface area (Å²) in [5.41, 5.74) is 0.971. The third-order valence-electron chi connectivity index (χ3n) is 5.63. The first-order valence-corrected chi connectivity index (χ1v) is 8.07. The number of aliphatic hydroxyl groups is 1. The number of rotatable bonds is 3. The van der Waals surface area contributed by atoms with E-state index in [-0.39, 0.29) is 5.92 Å². The Bertz CT molecular complexity index is 528. The first-order valence-electron chi connectivity index (χ1n) is 8.07. The van der Waals surface area contributed by atoms with Crippen LogP contribution in [0.4, 0.5) is 0 Å². The highest BCUT2D eigenvalue weighted by Gasteiger charge is 2.51. The van der Waals surface area contributed by atoms with Gasteiger partial charge in [-0.25, -0.2) is 0 Å². The summed E-state index contributed by atoms with van der Waals surface area (Å²) in [6.45, 7) is 2.80. The van der Waals surface area contributed by atoms with Gasteiger partial charge >= 0.3 is 0 Å². The molecule has 0 heterocycles. The SMILES string of the molecule is Cc1ccc([C@@]2(O)CC3CC[C@@H](C3)[C@@H]2CN(C)C)cc1O. The number of phenolic OH excluding ortho intramolecular Hbond substituents is 1. The summed E-state index contributed by atoms with van der Waals surface area (Å²) >= 11 is 0. The van der Waals surface area contributed by atoms with Crippen molar-refractivity contribution in [3.63, 3.8) is 0 Å². The van der Waals surface area contributed by atoms with E-state index < -0.39 is 5.60 Å². The second-order valence-electron chi connectivity index (χ2n) is 7.44. The smallest absolute Gasteiger partial charge is 0.118 e. The van der Waals surface area contributed by atoms with Crippen molar-refractivity contribution in [2.45, 2.75) is 38.2 Å². The Hall–Kier alpha value is -1.06. The minimum absolute atomic E-state index is 0.258. The van der Waals surface area contributed by atoms with Crippen LogP contribution in [0.3, 0.4) is 0 Å². The number of fused-ring (bicyclic) bond motifs is 2. The maximum absolute atomic E-state index is 11.5. The van der Waals surface area contributed by atoms with Gasteiger partial charge < -0.3 is 15.1 Å². The van der Waals surface area contributed by atoms with Crippen LogP contribution in [0.5, 0.6) is 5.75 Å². The Kier molecular flexibility index (Phi) is 3.74. The molecule has 0 radical (unpaired) electrons. The van der Waals surface area contributed by atoms with E-state index in [1.807, 2.05) is 19.1 Å². The molecule has 2 N–H and O–H groups in total. The molecule has 2 fully saturated rings. The summed E-state index contributed by atoms with van der Waals surface area (Å²) in [5.74, 6) is 1.80. The minimum atomic E-state index is -0.792. The van der Waals surface area contributed by atoms with Crippen molar-refractivity contribution in [2.75, 3.05) is 20.6 Å². The lowest BCUT2D eigenvalue weighted by Gasteiger charge is -2.45. The van der Waals surface area contributed by atoms with Gasteiger partial charge in [-0.3, -0.25) is 0 Å². The second-order valence-corrected chi connectivity index (χ2v) is 7.44. The summed E-state index contributed by atoms with van der Waals surface area (Å²) in [7, 11) is 4.15. The van der Waals surface area contributed by atoms with E-state index in [0.29, 0.717) is 17.6 Å². The lowest BCUT2D eigenvalue weighted by molar-refractivity contribution is -0.0892. The third-order valence-corrected chi connectivity index (χ3v) is 5.63. The molecule has 116 valence electrons. The Morgan fingerprint density at radius 3 is 2.71 bits per heavy atom. The van der Waals surface area contributed by atoms with Crippen LogP contribution in [0, 0.1) is 24.7 Å². The van der Waals surface area contributed by atoms with Gasteiger partial charge in [0.2, 0.25) is 0 Å². The van der Waals surface area contributed by atoms with E-state index in [1.54, 1.807) is 6.07 Å². The summed E-state index contributed by atoms with van der Waals surface area (Å²) in [5, 5.41) is 21.5. The van der Waals surface area contributed by atoms with Crippen LogP contribution in [0.25, 0.3) is 0 Å². The van der Waals surface area contributed by atoms with Gasteiger partial charge in [0.1, 0.15) is 5.75 Å². The van der Waals surface area contributed by atoms with E-state index in [0.717, 1.165) is 24.1 Å². The average Bonchev–Trinajstić information content (AvgIpc) is 2.81. The number of aromatic hydroxyl groups is 1. The zero-order valence-corrected chi connectivity index (χ0v) is 13.3. The predicted octanol–water partition coefficient (Wildman–Crippen LogP) is 2.89. The van der Waals surface area contributed by atoms with Gasteiger partial charge in [0.25, 0.3) is 0 Å². The molecule has 1 aromatic carbocycles. The van der Waals surface area contributed by atoms with E-state index >= 15 is 0 Å². The van der Waals surface area contributed by atoms with Crippen LogP contribution < -0.4 is 0 Å². The summed E-state index contributed by atoms with van der Waals surface area (Å²) in [6, 6.07) is 5.71. The molecule has 1 unspecified atom stereocenters.